The molecule has 1 heterocycles. The van der Waals surface area contributed by atoms with Gasteiger partial charge in [0.25, 0.3) is 0 Å². The molecule has 4 aliphatic carbocycles. The van der Waals surface area contributed by atoms with Gasteiger partial charge in [0.2, 0.25) is 5.13 Å². The first-order chi connectivity index (χ1) is 11.6. The van der Waals surface area contributed by atoms with Gasteiger partial charge in [0, 0.05) is 12.0 Å². The molecule has 1 aromatic rings. The average molecular weight is 364 g/mol. The summed E-state index contributed by atoms with van der Waals surface area (Å²) in [5, 5.41) is 12.3. The number of rotatable bonds is 7. The molecule has 4 bridgehead atoms. The molecule has 0 spiro atoms. The fourth-order valence-electron chi connectivity index (χ4n) is 5.54. The highest BCUT2D eigenvalue weighted by atomic mass is 32.2. The number of carbonyl (C=O) groups is 1. The zero-order chi connectivity index (χ0) is 16.7. The average Bonchev–Trinajstić information content (AvgIpc) is 2.98. The molecule has 0 aliphatic heterocycles. The number of hydrogen-bond donors (Lipinski definition) is 1. The van der Waals surface area contributed by atoms with Crippen molar-refractivity contribution in [1.82, 2.24) is 10.2 Å². The summed E-state index contributed by atoms with van der Waals surface area (Å²) in [6.45, 7) is 6.43. The number of anilines is 1. The Morgan fingerprint density at radius 1 is 1.33 bits per heavy atom. The van der Waals surface area contributed by atoms with Gasteiger partial charge in [0.05, 0.1) is 5.25 Å². The molecule has 5 rings (SSSR count). The second-order valence-corrected chi connectivity index (χ2v) is 10.4. The van der Waals surface area contributed by atoms with E-state index in [9.17, 15) is 4.79 Å². The number of thioether (sulfide) groups is 1. The Morgan fingerprint density at radius 3 is 2.54 bits per heavy atom. The van der Waals surface area contributed by atoms with E-state index < -0.39 is 0 Å². The van der Waals surface area contributed by atoms with Crippen LogP contribution in [0.3, 0.4) is 0 Å². The van der Waals surface area contributed by atoms with Gasteiger partial charge in [0.15, 0.2) is 10.1 Å². The standard InChI is InChI=1S/C18H25N3OS2/c1-3-4-19-16-20-21-17(24-16)23-11(2)15(22)18-8-12-5-13(9-18)7-14(6-12)10-18/h3,11-14H,1,4-10H2,2H3,(H,19,20). The maximum atomic E-state index is 13.3. The third-order valence-electron chi connectivity index (χ3n) is 6.01. The minimum Gasteiger partial charge on any atom is -0.357 e. The van der Waals surface area contributed by atoms with Crippen LogP contribution in [0.2, 0.25) is 0 Å². The van der Waals surface area contributed by atoms with Crippen molar-refractivity contribution in [2.75, 3.05) is 11.9 Å². The van der Waals surface area contributed by atoms with Gasteiger partial charge in [0.1, 0.15) is 0 Å². The van der Waals surface area contributed by atoms with Crippen molar-refractivity contribution < 1.29 is 4.79 Å². The molecular weight excluding hydrogens is 338 g/mol. The minimum atomic E-state index is -0.0264. The molecule has 0 aromatic carbocycles. The Labute approximate surface area is 151 Å². The summed E-state index contributed by atoms with van der Waals surface area (Å²) in [6, 6.07) is 0. The summed E-state index contributed by atoms with van der Waals surface area (Å²) in [5.41, 5.74) is -0.0181. The number of carbonyl (C=O) groups excluding carboxylic acids is 1. The summed E-state index contributed by atoms with van der Waals surface area (Å²) >= 11 is 3.11. The number of Topliss-reactive ketones (excluding diaryl/α,β-unsaturated/α-hetero) is 1. The van der Waals surface area contributed by atoms with E-state index in [4.69, 9.17) is 0 Å². The summed E-state index contributed by atoms with van der Waals surface area (Å²) in [4.78, 5) is 13.3. The highest BCUT2D eigenvalue weighted by Gasteiger charge is 2.55. The van der Waals surface area contributed by atoms with Gasteiger partial charge in [-0.2, -0.15) is 0 Å². The third-order valence-corrected chi connectivity index (χ3v) is 8.08. The number of hydrogen-bond acceptors (Lipinski definition) is 6. The van der Waals surface area contributed by atoms with Crippen molar-refractivity contribution in [1.29, 1.82) is 0 Å². The molecule has 1 unspecified atom stereocenters. The maximum Gasteiger partial charge on any atom is 0.206 e. The maximum absolute atomic E-state index is 13.3. The molecule has 4 nitrogen and oxygen atoms in total. The monoisotopic (exact) mass is 363 g/mol. The van der Waals surface area contributed by atoms with Gasteiger partial charge >= 0.3 is 0 Å². The second kappa shape index (κ2) is 6.45. The lowest BCUT2D eigenvalue weighted by molar-refractivity contribution is -0.142. The van der Waals surface area contributed by atoms with Crippen LogP contribution in [0.4, 0.5) is 5.13 Å². The molecule has 4 aliphatic rings. The highest BCUT2D eigenvalue weighted by molar-refractivity contribution is 8.02. The second-order valence-electron chi connectivity index (χ2n) is 7.86. The predicted molar refractivity (Wildman–Crippen MR) is 99.5 cm³/mol. The minimum absolute atomic E-state index is 0.0181. The molecule has 6 heteroatoms. The lowest BCUT2D eigenvalue weighted by Crippen LogP contribution is -2.51. The summed E-state index contributed by atoms with van der Waals surface area (Å²) in [6.07, 6.45) is 9.36. The Bertz CT molecular complexity index is 607. The van der Waals surface area contributed by atoms with Crippen LogP contribution in [0, 0.1) is 23.2 Å². The lowest BCUT2D eigenvalue weighted by atomic mass is 9.48. The first-order valence-corrected chi connectivity index (χ1v) is 10.7. The van der Waals surface area contributed by atoms with Crippen molar-refractivity contribution in [3.63, 3.8) is 0 Å². The van der Waals surface area contributed by atoms with E-state index in [0.717, 1.165) is 46.5 Å². The molecule has 1 atom stereocenters. The Morgan fingerprint density at radius 2 is 1.96 bits per heavy atom. The van der Waals surface area contributed by atoms with E-state index in [2.05, 4.69) is 29.0 Å². The topological polar surface area (TPSA) is 54.9 Å². The van der Waals surface area contributed by atoms with Crippen LogP contribution in [0.1, 0.15) is 45.4 Å². The van der Waals surface area contributed by atoms with Crippen molar-refractivity contribution in [3.8, 4) is 0 Å². The smallest absolute Gasteiger partial charge is 0.206 e. The van der Waals surface area contributed by atoms with Gasteiger partial charge in [-0.25, -0.2) is 0 Å². The quantitative estimate of drug-likeness (QED) is 0.575. The largest absolute Gasteiger partial charge is 0.357 e. The van der Waals surface area contributed by atoms with E-state index in [-0.39, 0.29) is 10.7 Å². The SMILES string of the molecule is C=CCNc1nnc(SC(C)C(=O)C23CC4CC(CC(C4)C2)C3)s1. The molecule has 0 amide bonds. The van der Waals surface area contributed by atoms with Crippen molar-refractivity contribution >= 4 is 34.0 Å². The van der Waals surface area contributed by atoms with Crippen LogP contribution < -0.4 is 5.32 Å². The number of nitrogens with one attached hydrogen (secondary N) is 1. The van der Waals surface area contributed by atoms with Crippen LogP contribution >= 0.6 is 23.1 Å². The van der Waals surface area contributed by atoms with E-state index in [1.54, 1.807) is 17.8 Å². The molecule has 0 radical (unpaired) electrons. The number of ketones is 1. The van der Waals surface area contributed by atoms with Gasteiger partial charge < -0.3 is 5.32 Å². The lowest BCUT2D eigenvalue weighted by Gasteiger charge is -2.56. The van der Waals surface area contributed by atoms with Crippen LogP contribution in [-0.2, 0) is 4.79 Å². The Balaban J connectivity index is 1.42. The molecule has 4 saturated carbocycles. The molecule has 130 valence electrons. The van der Waals surface area contributed by atoms with Crippen molar-refractivity contribution in [3.05, 3.63) is 12.7 Å². The van der Waals surface area contributed by atoms with E-state index in [1.165, 1.54) is 30.6 Å². The van der Waals surface area contributed by atoms with Crippen LogP contribution in [0.5, 0.6) is 0 Å². The van der Waals surface area contributed by atoms with E-state index in [1.807, 2.05) is 0 Å². The zero-order valence-electron chi connectivity index (χ0n) is 14.2. The summed E-state index contributed by atoms with van der Waals surface area (Å²) < 4.78 is 0.882. The van der Waals surface area contributed by atoms with Crippen molar-refractivity contribution in [2.45, 2.75) is 55.0 Å². The Hall–Kier alpha value is -0.880. The molecular formula is C18H25N3OS2. The molecule has 24 heavy (non-hydrogen) atoms. The van der Waals surface area contributed by atoms with Gasteiger partial charge in [-0.3, -0.25) is 4.79 Å². The normalized spacial score (nSPS) is 35.0. The third kappa shape index (κ3) is 3.03. The highest BCUT2D eigenvalue weighted by Crippen LogP contribution is 2.61. The molecule has 0 saturated heterocycles. The fraction of sp³-hybridized carbons (Fsp3) is 0.722. The molecule has 4 fully saturated rings. The van der Waals surface area contributed by atoms with Gasteiger partial charge in [-0.1, -0.05) is 29.2 Å². The van der Waals surface area contributed by atoms with Crippen LogP contribution in [0.25, 0.3) is 0 Å². The van der Waals surface area contributed by atoms with Crippen LogP contribution in [0.15, 0.2) is 17.0 Å². The van der Waals surface area contributed by atoms with Crippen molar-refractivity contribution in [2.24, 2.45) is 23.2 Å². The Kier molecular flexibility index (Phi) is 4.45. The van der Waals surface area contributed by atoms with Crippen LogP contribution in [-0.4, -0.2) is 27.8 Å². The predicted octanol–water partition coefficient (Wildman–Crippen LogP) is 4.40. The summed E-state index contributed by atoms with van der Waals surface area (Å²) in [7, 11) is 0. The molecule has 1 aromatic heterocycles. The fourth-order valence-corrected chi connectivity index (χ4v) is 7.63. The molecule has 1 N–H and O–H groups in total. The van der Waals surface area contributed by atoms with Gasteiger partial charge in [-0.05, 0) is 63.2 Å². The summed E-state index contributed by atoms with van der Waals surface area (Å²) in [5.74, 6) is 2.92. The first kappa shape index (κ1) is 16.6. The van der Waals surface area contributed by atoms with E-state index in [0.29, 0.717) is 12.3 Å². The zero-order valence-corrected chi connectivity index (χ0v) is 15.8. The first-order valence-electron chi connectivity index (χ1n) is 8.97. The number of aromatic nitrogens is 2. The number of nitrogens with zero attached hydrogens (tertiary/aromatic N) is 2. The van der Waals surface area contributed by atoms with Gasteiger partial charge in [-0.15, -0.1) is 16.8 Å². The van der Waals surface area contributed by atoms with E-state index >= 15 is 0 Å².